The molecule has 1 fully saturated rings. The largest absolute Gasteiger partial charge is 0.462 e. The van der Waals surface area contributed by atoms with E-state index >= 15 is 0 Å². The van der Waals surface area contributed by atoms with Gasteiger partial charge in [0.25, 0.3) is 0 Å². The van der Waals surface area contributed by atoms with Gasteiger partial charge >= 0.3 is 5.97 Å². The first-order chi connectivity index (χ1) is 7.09. The van der Waals surface area contributed by atoms with E-state index in [4.69, 9.17) is 4.74 Å². The topological polar surface area (TPSA) is 26.3 Å². The Kier molecular flexibility index (Phi) is 2.78. The first-order valence-corrected chi connectivity index (χ1v) is 5.49. The minimum Gasteiger partial charge on any atom is -0.462 e. The van der Waals surface area contributed by atoms with Gasteiger partial charge in [-0.05, 0) is 28.1 Å². The van der Waals surface area contributed by atoms with E-state index in [1.54, 1.807) is 24.3 Å². The van der Waals surface area contributed by atoms with E-state index in [0.717, 1.165) is 0 Å². The number of halogens is 2. The predicted octanol–water partition coefficient (Wildman–Crippen LogP) is 2.92. The zero-order chi connectivity index (χ0) is 10.9. The normalized spacial score (nSPS) is 28.5. The van der Waals surface area contributed by atoms with Crippen LogP contribution in [-0.2, 0) is 4.74 Å². The van der Waals surface area contributed by atoms with E-state index in [0.29, 0.717) is 12.0 Å². The number of esters is 1. The minimum absolute atomic E-state index is 0.134. The number of benzene rings is 1. The standard InChI is InChI=1S/C11H10BrFO2/c12-11(13)6-9(11)7-15-10(14)8-4-2-1-3-5-8/h1-5,9H,6-7H2. The molecule has 1 aromatic rings. The quantitative estimate of drug-likeness (QED) is 0.625. The first kappa shape index (κ1) is 10.6. The van der Waals surface area contributed by atoms with E-state index in [1.165, 1.54) is 0 Å². The molecule has 2 atom stereocenters. The van der Waals surface area contributed by atoms with Gasteiger partial charge in [-0.1, -0.05) is 18.2 Å². The van der Waals surface area contributed by atoms with Gasteiger partial charge in [-0.15, -0.1) is 0 Å². The SMILES string of the molecule is O=C(OCC1CC1(F)Br)c1ccccc1. The molecule has 0 N–H and O–H groups in total. The molecule has 0 amide bonds. The molecule has 1 aromatic carbocycles. The molecule has 2 nitrogen and oxygen atoms in total. The second kappa shape index (κ2) is 3.93. The van der Waals surface area contributed by atoms with Crippen LogP contribution in [0, 0.1) is 5.92 Å². The van der Waals surface area contributed by atoms with Crippen LogP contribution in [-0.4, -0.2) is 17.2 Å². The van der Waals surface area contributed by atoms with Crippen LogP contribution in [0.1, 0.15) is 16.8 Å². The summed E-state index contributed by atoms with van der Waals surface area (Å²) in [6.45, 7) is 0.134. The van der Waals surface area contributed by atoms with Crippen molar-refractivity contribution in [3.8, 4) is 0 Å². The van der Waals surface area contributed by atoms with Crippen molar-refractivity contribution < 1.29 is 13.9 Å². The maximum absolute atomic E-state index is 13.0. The van der Waals surface area contributed by atoms with Crippen molar-refractivity contribution >= 4 is 21.9 Å². The highest BCUT2D eigenvalue weighted by Crippen LogP contribution is 2.52. The fourth-order valence-electron chi connectivity index (χ4n) is 1.28. The predicted molar refractivity (Wildman–Crippen MR) is 57.6 cm³/mol. The average molecular weight is 273 g/mol. The smallest absolute Gasteiger partial charge is 0.338 e. The van der Waals surface area contributed by atoms with Gasteiger partial charge in [-0.25, -0.2) is 9.18 Å². The minimum atomic E-state index is -1.32. The molecule has 0 saturated heterocycles. The Bertz CT molecular complexity index is 364. The highest BCUT2D eigenvalue weighted by molar-refractivity contribution is 9.10. The number of carbonyl (C=O) groups excluding carboxylic acids is 1. The summed E-state index contributed by atoms with van der Waals surface area (Å²) in [5, 5.41) is 0. The molecule has 15 heavy (non-hydrogen) atoms. The molecular weight excluding hydrogens is 263 g/mol. The molecular formula is C11H10BrFO2. The molecule has 1 aliphatic carbocycles. The van der Waals surface area contributed by atoms with Crippen molar-refractivity contribution in [1.82, 2.24) is 0 Å². The Morgan fingerprint density at radius 2 is 2.13 bits per heavy atom. The third kappa shape index (κ3) is 2.56. The van der Waals surface area contributed by atoms with Gasteiger partial charge in [0.1, 0.15) is 0 Å². The van der Waals surface area contributed by atoms with Crippen molar-refractivity contribution in [2.75, 3.05) is 6.61 Å². The highest BCUT2D eigenvalue weighted by atomic mass is 79.9. The fourth-order valence-corrected chi connectivity index (χ4v) is 1.81. The lowest BCUT2D eigenvalue weighted by Gasteiger charge is -2.03. The maximum atomic E-state index is 13.0. The lowest BCUT2D eigenvalue weighted by Crippen LogP contribution is -2.09. The lowest BCUT2D eigenvalue weighted by molar-refractivity contribution is 0.0475. The number of rotatable bonds is 3. The molecule has 0 aliphatic heterocycles. The summed E-state index contributed by atoms with van der Waals surface area (Å²) in [5.41, 5.74) is 0.497. The molecule has 0 radical (unpaired) electrons. The summed E-state index contributed by atoms with van der Waals surface area (Å²) in [4.78, 5) is 11.4. The van der Waals surface area contributed by atoms with Crippen LogP contribution in [0.4, 0.5) is 4.39 Å². The molecule has 1 aliphatic rings. The van der Waals surface area contributed by atoms with Gasteiger partial charge in [0.05, 0.1) is 12.2 Å². The molecule has 0 bridgehead atoms. The van der Waals surface area contributed by atoms with Crippen molar-refractivity contribution in [1.29, 1.82) is 0 Å². The van der Waals surface area contributed by atoms with E-state index in [2.05, 4.69) is 15.9 Å². The summed E-state index contributed by atoms with van der Waals surface area (Å²) in [6, 6.07) is 8.69. The van der Waals surface area contributed by atoms with Gasteiger partial charge < -0.3 is 4.74 Å². The van der Waals surface area contributed by atoms with E-state index in [1.807, 2.05) is 6.07 Å². The second-order valence-electron chi connectivity index (χ2n) is 3.63. The van der Waals surface area contributed by atoms with Crippen molar-refractivity contribution in [2.24, 2.45) is 5.92 Å². The fraction of sp³-hybridized carbons (Fsp3) is 0.364. The average Bonchev–Trinajstić information content (AvgIpc) is 2.84. The summed E-state index contributed by atoms with van der Waals surface area (Å²) in [5.74, 6) is -0.601. The number of alkyl halides is 2. The molecule has 2 rings (SSSR count). The summed E-state index contributed by atoms with van der Waals surface area (Å²) in [7, 11) is 0. The molecule has 4 heteroatoms. The van der Waals surface area contributed by atoms with E-state index in [9.17, 15) is 9.18 Å². The van der Waals surface area contributed by atoms with Crippen molar-refractivity contribution in [3.63, 3.8) is 0 Å². The Labute approximate surface area is 95.6 Å². The summed E-state index contributed by atoms with van der Waals surface area (Å²) >= 11 is 2.90. The van der Waals surface area contributed by atoms with E-state index in [-0.39, 0.29) is 12.5 Å². The van der Waals surface area contributed by atoms with Crippen LogP contribution in [0.3, 0.4) is 0 Å². The lowest BCUT2D eigenvalue weighted by atomic mass is 10.2. The van der Waals surface area contributed by atoms with Gasteiger partial charge in [0.15, 0.2) is 4.58 Å². The Balaban J connectivity index is 1.84. The molecule has 0 heterocycles. The van der Waals surface area contributed by atoms with Crippen LogP contribution in [0.5, 0.6) is 0 Å². The zero-order valence-electron chi connectivity index (χ0n) is 7.95. The monoisotopic (exact) mass is 272 g/mol. The van der Waals surface area contributed by atoms with Crippen molar-refractivity contribution in [3.05, 3.63) is 35.9 Å². The van der Waals surface area contributed by atoms with Crippen LogP contribution < -0.4 is 0 Å². The Hall–Kier alpha value is -0.900. The van der Waals surface area contributed by atoms with E-state index < -0.39 is 10.5 Å². The van der Waals surface area contributed by atoms with Crippen LogP contribution in [0.25, 0.3) is 0 Å². The first-order valence-electron chi connectivity index (χ1n) is 4.69. The third-order valence-corrected chi connectivity index (χ3v) is 3.35. The number of hydrogen-bond donors (Lipinski definition) is 0. The maximum Gasteiger partial charge on any atom is 0.338 e. The number of carbonyl (C=O) groups is 1. The molecule has 0 spiro atoms. The summed E-state index contributed by atoms with van der Waals surface area (Å²) in [6.07, 6.45) is 0.412. The van der Waals surface area contributed by atoms with Crippen LogP contribution in [0.2, 0.25) is 0 Å². The van der Waals surface area contributed by atoms with Gasteiger partial charge in [0, 0.05) is 12.3 Å². The second-order valence-corrected chi connectivity index (χ2v) is 4.94. The third-order valence-electron chi connectivity index (χ3n) is 2.38. The number of hydrogen-bond acceptors (Lipinski definition) is 2. The van der Waals surface area contributed by atoms with Gasteiger partial charge in [-0.3, -0.25) is 0 Å². The highest BCUT2D eigenvalue weighted by Gasteiger charge is 2.54. The Morgan fingerprint density at radius 3 is 2.67 bits per heavy atom. The Morgan fingerprint density at radius 1 is 1.53 bits per heavy atom. The van der Waals surface area contributed by atoms with Gasteiger partial charge in [0.2, 0.25) is 0 Å². The zero-order valence-corrected chi connectivity index (χ0v) is 9.54. The van der Waals surface area contributed by atoms with Crippen LogP contribution >= 0.6 is 15.9 Å². The molecule has 2 unspecified atom stereocenters. The van der Waals surface area contributed by atoms with Gasteiger partial charge in [-0.2, -0.15) is 0 Å². The van der Waals surface area contributed by atoms with Crippen molar-refractivity contribution in [2.45, 2.75) is 11.0 Å². The molecule has 0 aromatic heterocycles. The summed E-state index contributed by atoms with van der Waals surface area (Å²) < 4.78 is 16.7. The number of ether oxygens (including phenoxy) is 1. The molecule has 80 valence electrons. The van der Waals surface area contributed by atoms with Crippen LogP contribution in [0.15, 0.2) is 30.3 Å². The molecule has 1 saturated carbocycles.